The zero-order valence-electron chi connectivity index (χ0n) is 17.6. The van der Waals surface area contributed by atoms with Gasteiger partial charge < -0.3 is 20.1 Å². The number of likely N-dealkylation sites (tertiary alicyclic amines) is 1. The maximum absolute atomic E-state index is 12.4. The molecule has 0 atom stereocenters. The number of carbonyl (C=O) groups excluding carboxylic acids is 1. The Hall–Kier alpha value is -0.810. The summed E-state index contributed by atoms with van der Waals surface area (Å²) in [6, 6.07) is 0. The van der Waals surface area contributed by atoms with Crippen LogP contribution in [0.1, 0.15) is 79.6 Å². The molecular formula is C21H40N2O3. The summed E-state index contributed by atoms with van der Waals surface area (Å²) in [5.74, 6) is 0.721. The lowest BCUT2D eigenvalue weighted by Crippen LogP contribution is -2.55. The first-order valence-corrected chi connectivity index (χ1v) is 10.4. The number of hydrogen-bond donors (Lipinski definition) is 2. The predicted octanol–water partition coefficient (Wildman–Crippen LogP) is 3.94. The van der Waals surface area contributed by atoms with Gasteiger partial charge in [-0.05, 0) is 71.6 Å². The molecule has 0 aromatic heterocycles. The minimum absolute atomic E-state index is 0.137. The van der Waals surface area contributed by atoms with Crippen LogP contribution in [0.15, 0.2) is 0 Å². The van der Waals surface area contributed by atoms with Gasteiger partial charge in [-0.15, -0.1) is 0 Å². The number of piperidine rings is 1. The molecule has 152 valence electrons. The molecule has 1 amide bonds. The molecular weight excluding hydrogens is 328 g/mol. The van der Waals surface area contributed by atoms with Crippen LogP contribution in [0.3, 0.4) is 0 Å². The number of hydrogen-bond acceptors (Lipinski definition) is 4. The maximum Gasteiger partial charge on any atom is 0.410 e. The van der Waals surface area contributed by atoms with Crippen molar-refractivity contribution < 1.29 is 14.6 Å². The number of rotatable bonds is 5. The fraction of sp³-hybridized carbons (Fsp3) is 0.952. The van der Waals surface area contributed by atoms with Gasteiger partial charge in [0.1, 0.15) is 5.60 Å². The number of ether oxygens (including phenoxy) is 1. The summed E-state index contributed by atoms with van der Waals surface area (Å²) in [7, 11) is 0. The third-order valence-electron chi connectivity index (χ3n) is 6.20. The molecule has 1 heterocycles. The Balaban J connectivity index is 2.03. The van der Waals surface area contributed by atoms with Crippen LogP contribution in [0.4, 0.5) is 4.79 Å². The number of nitrogens with one attached hydrogen (secondary N) is 1. The molecule has 1 saturated heterocycles. The molecule has 1 saturated carbocycles. The average molecular weight is 369 g/mol. The van der Waals surface area contributed by atoms with Gasteiger partial charge in [0.2, 0.25) is 0 Å². The lowest BCUT2D eigenvalue weighted by atomic mass is 9.63. The molecule has 5 nitrogen and oxygen atoms in total. The first kappa shape index (κ1) is 21.5. The van der Waals surface area contributed by atoms with Crippen LogP contribution in [0.5, 0.6) is 0 Å². The van der Waals surface area contributed by atoms with Gasteiger partial charge in [0.25, 0.3) is 0 Å². The van der Waals surface area contributed by atoms with E-state index in [1.807, 2.05) is 25.7 Å². The second kappa shape index (κ2) is 8.47. The maximum atomic E-state index is 12.4. The Kier molecular flexibility index (Phi) is 7.00. The van der Waals surface area contributed by atoms with Gasteiger partial charge in [-0.25, -0.2) is 4.79 Å². The van der Waals surface area contributed by atoms with E-state index in [0.29, 0.717) is 0 Å². The summed E-state index contributed by atoms with van der Waals surface area (Å²) in [4.78, 5) is 14.3. The fourth-order valence-electron chi connectivity index (χ4n) is 4.38. The van der Waals surface area contributed by atoms with Crippen LogP contribution in [0.25, 0.3) is 0 Å². The third kappa shape index (κ3) is 5.85. The molecule has 2 aliphatic rings. The zero-order valence-corrected chi connectivity index (χ0v) is 17.6. The van der Waals surface area contributed by atoms with E-state index in [2.05, 4.69) is 19.2 Å². The third-order valence-corrected chi connectivity index (χ3v) is 6.20. The van der Waals surface area contributed by atoms with E-state index < -0.39 is 5.60 Å². The molecule has 1 aliphatic heterocycles. The van der Waals surface area contributed by atoms with Gasteiger partial charge in [-0.3, -0.25) is 0 Å². The predicted molar refractivity (Wildman–Crippen MR) is 105 cm³/mol. The second-order valence-electron chi connectivity index (χ2n) is 10.1. The van der Waals surface area contributed by atoms with Crippen LogP contribution in [-0.4, -0.2) is 53.5 Å². The standard InChI is InChI=1S/C21H40N2O3/c1-19(2,3)26-18(25)23-13-11-21(12-14-23,15-22-20(4,5)16-24)17-9-7-6-8-10-17/h17,22,24H,6-16H2,1-5H3. The molecule has 0 radical (unpaired) electrons. The molecule has 5 heteroatoms. The highest BCUT2D eigenvalue weighted by Crippen LogP contribution is 2.45. The zero-order chi connectivity index (χ0) is 19.4. The van der Waals surface area contributed by atoms with Gasteiger partial charge in [0.15, 0.2) is 0 Å². The van der Waals surface area contributed by atoms with Crippen molar-refractivity contribution in [3.63, 3.8) is 0 Å². The number of carbonyl (C=O) groups is 1. The number of nitrogens with zero attached hydrogens (tertiary/aromatic N) is 1. The van der Waals surface area contributed by atoms with Crippen LogP contribution >= 0.6 is 0 Å². The van der Waals surface area contributed by atoms with Crippen molar-refractivity contribution in [3.8, 4) is 0 Å². The molecule has 0 spiro atoms. The number of aliphatic hydroxyl groups excluding tert-OH is 1. The largest absolute Gasteiger partial charge is 0.444 e. The summed E-state index contributed by atoms with van der Waals surface area (Å²) in [6.45, 7) is 12.5. The molecule has 2 N–H and O–H groups in total. The Bertz CT molecular complexity index is 456. The minimum atomic E-state index is -0.443. The van der Waals surface area contributed by atoms with Crippen molar-refractivity contribution in [2.75, 3.05) is 26.2 Å². The van der Waals surface area contributed by atoms with Crippen molar-refractivity contribution in [2.24, 2.45) is 11.3 Å². The monoisotopic (exact) mass is 368 g/mol. The summed E-state index contributed by atoms with van der Waals surface area (Å²) >= 11 is 0. The van der Waals surface area contributed by atoms with Crippen LogP contribution in [0, 0.1) is 11.3 Å². The Morgan fingerprint density at radius 3 is 2.19 bits per heavy atom. The average Bonchev–Trinajstić information content (AvgIpc) is 2.60. The lowest BCUT2D eigenvalue weighted by molar-refractivity contribution is -0.00882. The van der Waals surface area contributed by atoms with Crippen LogP contribution in [-0.2, 0) is 4.74 Å². The van der Waals surface area contributed by atoms with E-state index in [1.54, 1.807) is 0 Å². The Morgan fingerprint density at radius 2 is 1.69 bits per heavy atom. The van der Waals surface area contributed by atoms with E-state index in [4.69, 9.17) is 4.74 Å². The van der Waals surface area contributed by atoms with E-state index in [-0.39, 0.29) is 23.7 Å². The van der Waals surface area contributed by atoms with Crippen LogP contribution < -0.4 is 5.32 Å². The van der Waals surface area contributed by atoms with Gasteiger partial charge in [-0.1, -0.05) is 19.3 Å². The lowest BCUT2D eigenvalue weighted by Gasteiger charge is -2.49. The van der Waals surface area contributed by atoms with Crippen molar-refractivity contribution in [2.45, 2.75) is 90.7 Å². The van der Waals surface area contributed by atoms with Gasteiger partial charge >= 0.3 is 6.09 Å². The molecule has 26 heavy (non-hydrogen) atoms. The van der Waals surface area contributed by atoms with Gasteiger partial charge in [-0.2, -0.15) is 0 Å². The molecule has 0 aromatic rings. The van der Waals surface area contributed by atoms with Gasteiger partial charge in [0.05, 0.1) is 6.61 Å². The highest BCUT2D eigenvalue weighted by molar-refractivity contribution is 5.68. The fourth-order valence-corrected chi connectivity index (χ4v) is 4.38. The first-order valence-electron chi connectivity index (χ1n) is 10.4. The van der Waals surface area contributed by atoms with Crippen LogP contribution in [0.2, 0.25) is 0 Å². The number of aliphatic hydroxyl groups is 1. The van der Waals surface area contributed by atoms with E-state index in [0.717, 1.165) is 38.4 Å². The summed E-state index contributed by atoms with van der Waals surface area (Å²) < 4.78 is 5.56. The van der Waals surface area contributed by atoms with Crippen molar-refractivity contribution in [1.29, 1.82) is 0 Å². The molecule has 0 bridgehead atoms. The molecule has 2 fully saturated rings. The minimum Gasteiger partial charge on any atom is -0.444 e. The van der Waals surface area contributed by atoms with Crippen molar-refractivity contribution in [3.05, 3.63) is 0 Å². The summed E-state index contributed by atoms with van der Waals surface area (Å²) in [6.07, 6.45) is 8.46. The van der Waals surface area contributed by atoms with Crippen molar-refractivity contribution >= 4 is 6.09 Å². The topological polar surface area (TPSA) is 61.8 Å². The first-order chi connectivity index (χ1) is 12.1. The summed E-state index contributed by atoms with van der Waals surface area (Å²) in [5, 5.41) is 13.2. The number of amides is 1. The smallest absolute Gasteiger partial charge is 0.410 e. The van der Waals surface area contributed by atoms with E-state index in [1.165, 1.54) is 32.1 Å². The highest BCUT2D eigenvalue weighted by atomic mass is 16.6. The van der Waals surface area contributed by atoms with Crippen molar-refractivity contribution in [1.82, 2.24) is 10.2 Å². The quantitative estimate of drug-likeness (QED) is 0.771. The van der Waals surface area contributed by atoms with E-state index >= 15 is 0 Å². The molecule has 0 unspecified atom stereocenters. The normalized spacial score (nSPS) is 22.3. The molecule has 1 aliphatic carbocycles. The highest BCUT2D eigenvalue weighted by Gasteiger charge is 2.43. The van der Waals surface area contributed by atoms with Gasteiger partial charge in [0, 0.05) is 25.2 Å². The van der Waals surface area contributed by atoms with E-state index in [9.17, 15) is 9.90 Å². The summed E-state index contributed by atoms with van der Waals surface area (Å²) in [5.41, 5.74) is -0.475. The molecule has 2 rings (SSSR count). The second-order valence-corrected chi connectivity index (χ2v) is 10.1. The SMILES string of the molecule is CC(C)(CO)NCC1(C2CCCCC2)CCN(C(=O)OC(C)(C)C)CC1. The Morgan fingerprint density at radius 1 is 1.12 bits per heavy atom. The molecule has 0 aromatic carbocycles. The Labute approximate surface area is 159 Å².